The SMILES string of the molecule is COc1ccc(C(N)=O)cc1-c1ccc(O)c(-c2ccc(O)cc2)c1. The molecule has 0 radical (unpaired) electrons. The number of nitrogens with two attached hydrogens (primary N) is 1. The lowest BCUT2D eigenvalue weighted by atomic mass is 9.96. The van der Waals surface area contributed by atoms with Crippen LogP contribution in [-0.4, -0.2) is 23.2 Å². The fraction of sp³-hybridized carbons (Fsp3) is 0.0500. The Balaban J connectivity index is 2.16. The Bertz CT molecular complexity index is 933. The summed E-state index contributed by atoms with van der Waals surface area (Å²) in [6.45, 7) is 0. The van der Waals surface area contributed by atoms with Crippen LogP contribution < -0.4 is 10.5 Å². The van der Waals surface area contributed by atoms with Crippen LogP contribution in [0.2, 0.25) is 0 Å². The number of carbonyl (C=O) groups is 1. The van der Waals surface area contributed by atoms with Crippen LogP contribution >= 0.6 is 0 Å². The highest BCUT2D eigenvalue weighted by molar-refractivity contribution is 5.95. The Morgan fingerprint density at radius 1 is 0.880 bits per heavy atom. The molecule has 5 nitrogen and oxygen atoms in total. The fourth-order valence-electron chi connectivity index (χ4n) is 2.66. The average molecular weight is 335 g/mol. The van der Waals surface area contributed by atoms with Gasteiger partial charge < -0.3 is 20.7 Å². The molecule has 0 saturated carbocycles. The first-order valence-corrected chi connectivity index (χ1v) is 7.60. The number of rotatable bonds is 4. The summed E-state index contributed by atoms with van der Waals surface area (Å²) >= 11 is 0. The first-order valence-electron chi connectivity index (χ1n) is 7.60. The third-order valence-electron chi connectivity index (χ3n) is 3.97. The van der Waals surface area contributed by atoms with Gasteiger partial charge in [-0.15, -0.1) is 0 Å². The molecule has 3 aromatic carbocycles. The van der Waals surface area contributed by atoms with E-state index in [1.165, 1.54) is 0 Å². The molecule has 4 N–H and O–H groups in total. The summed E-state index contributed by atoms with van der Waals surface area (Å²) in [5.41, 5.74) is 8.55. The largest absolute Gasteiger partial charge is 0.508 e. The summed E-state index contributed by atoms with van der Waals surface area (Å²) < 4.78 is 5.38. The van der Waals surface area contributed by atoms with Gasteiger partial charge in [0, 0.05) is 16.7 Å². The maximum Gasteiger partial charge on any atom is 0.248 e. The molecule has 25 heavy (non-hydrogen) atoms. The topological polar surface area (TPSA) is 92.8 Å². The number of hydrogen-bond donors (Lipinski definition) is 3. The zero-order valence-electron chi connectivity index (χ0n) is 13.6. The highest BCUT2D eigenvalue weighted by Gasteiger charge is 2.13. The molecule has 5 heteroatoms. The van der Waals surface area contributed by atoms with Crippen molar-refractivity contribution in [2.24, 2.45) is 5.73 Å². The molecule has 0 bridgehead atoms. The quantitative estimate of drug-likeness (QED) is 0.680. The lowest BCUT2D eigenvalue weighted by Gasteiger charge is -2.13. The van der Waals surface area contributed by atoms with Gasteiger partial charge in [0.2, 0.25) is 5.91 Å². The monoisotopic (exact) mass is 335 g/mol. The minimum Gasteiger partial charge on any atom is -0.508 e. The average Bonchev–Trinajstić information content (AvgIpc) is 2.62. The van der Waals surface area contributed by atoms with Gasteiger partial charge in [-0.05, 0) is 53.6 Å². The molecule has 0 atom stereocenters. The molecule has 0 saturated heterocycles. The highest BCUT2D eigenvalue weighted by Crippen LogP contribution is 2.37. The molecule has 0 aliphatic rings. The van der Waals surface area contributed by atoms with Crippen molar-refractivity contribution in [1.29, 1.82) is 0 Å². The summed E-state index contributed by atoms with van der Waals surface area (Å²) in [7, 11) is 1.55. The van der Waals surface area contributed by atoms with E-state index in [0.29, 0.717) is 22.4 Å². The van der Waals surface area contributed by atoms with Crippen molar-refractivity contribution >= 4 is 5.91 Å². The van der Waals surface area contributed by atoms with Crippen LogP contribution in [0.1, 0.15) is 10.4 Å². The van der Waals surface area contributed by atoms with E-state index >= 15 is 0 Å². The van der Waals surface area contributed by atoms with Crippen molar-refractivity contribution in [3.05, 3.63) is 66.2 Å². The number of ether oxygens (including phenoxy) is 1. The van der Waals surface area contributed by atoms with Gasteiger partial charge in [0.25, 0.3) is 0 Å². The minimum atomic E-state index is -0.526. The van der Waals surface area contributed by atoms with Gasteiger partial charge in [0.15, 0.2) is 0 Å². The third kappa shape index (κ3) is 3.26. The second-order valence-corrected chi connectivity index (χ2v) is 5.56. The molecule has 0 aliphatic carbocycles. The maximum atomic E-state index is 11.5. The van der Waals surface area contributed by atoms with Crippen molar-refractivity contribution < 1.29 is 19.7 Å². The molecule has 0 aliphatic heterocycles. The number of hydrogen-bond acceptors (Lipinski definition) is 4. The number of phenolic OH excluding ortho intramolecular Hbond substituents is 2. The molecule has 0 aromatic heterocycles. The van der Waals surface area contributed by atoms with Crippen LogP contribution in [0.3, 0.4) is 0 Å². The summed E-state index contributed by atoms with van der Waals surface area (Å²) in [6.07, 6.45) is 0. The first-order chi connectivity index (χ1) is 12.0. The summed E-state index contributed by atoms with van der Waals surface area (Å²) in [4.78, 5) is 11.5. The van der Waals surface area contributed by atoms with Crippen LogP contribution in [0.5, 0.6) is 17.2 Å². The molecular weight excluding hydrogens is 318 g/mol. The molecule has 3 rings (SSSR count). The Morgan fingerprint density at radius 2 is 1.56 bits per heavy atom. The predicted molar refractivity (Wildman–Crippen MR) is 95.7 cm³/mol. The number of benzene rings is 3. The zero-order chi connectivity index (χ0) is 18.0. The van der Waals surface area contributed by atoms with E-state index in [1.54, 1.807) is 67.8 Å². The Labute approximate surface area is 144 Å². The van der Waals surface area contributed by atoms with Crippen LogP contribution in [0.25, 0.3) is 22.3 Å². The van der Waals surface area contributed by atoms with Crippen LogP contribution in [0, 0.1) is 0 Å². The van der Waals surface area contributed by atoms with Crippen LogP contribution in [0.4, 0.5) is 0 Å². The third-order valence-corrected chi connectivity index (χ3v) is 3.97. The highest BCUT2D eigenvalue weighted by atomic mass is 16.5. The molecule has 0 spiro atoms. The summed E-state index contributed by atoms with van der Waals surface area (Å²) in [5.74, 6) is 0.323. The van der Waals surface area contributed by atoms with Crippen LogP contribution in [-0.2, 0) is 0 Å². The van der Waals surface area contributed by atoms with Gasteiger partial charge in [-0.1, -0.05) is 18.2 Å². The molecule has 0 fully saturated rings. The van der Waals surface area contributed by atoms with Gasteiger partial charge in [-0.25, -0.2) is 0 Å². The normalized spacial score (nSPS) is 10.4. The molecule has 126 valence electrons. The van der Waals surface area contributed by atoms with E-state index in [-0.39, 0.29) is 11.5 Å². The van der Waals surface area contributed by atoms with Gasteiger partial charge in [0.1, 0.15) is 17.2 Å². The van der Waals surface area contributed by atoms with Crippen molar-refractivity contribution in [2.75, 3.05) is 7.11 Å². The number of aromatic hydroxyl groups is 2. The number of primary amides is 1. The van der Waals surface area contributed by atoms with E-state index in [9.17, 15) is 15.0 Å². The van der Waals surface area contributed by atoms with Gasteiger partial charge in [-0.2, -0.15) is 0 Å². The zero-order valence-corrected chi connectivity index (χ0v) is 13.6. The number of phenols is 2. The molecule has 3 aromatic rings. The second kappa shape index (κ2) is 6.57. The number of methoxy groups -OCH3 is 1. The number of amides is 1. The van der Waals surface area contributed by atoms with E-state index in [2.05, 4.69) is 0 Å². The minimum absolute atomic E-state index is 0.111. The van der Waals surface area contributed by atoms with E-state index < -0.39 is 5.91 Å². The van der Waals surface area contributed by atoms with Gasteiger partial charge in [-0.3, -0.25) is 4.79 Å². The van der Waals surface area contributed by atoms with Crippen molar-refractivity contribution in [3.63, 3.8) is 0 Å². The molecule has 0 heterocycles. The van der Waals surface area contributed by atoms with E-state index in [1.807, 2.05) is 0 Å². The van der Waals surface area contributed by atoms with E-state index in [0.717, 1.165) is 11.1 Å². The first kappa shape index (κ1) is 16.4. The smallest absolute Gasteiger partial charge is 0.248 e. The Morgan fingerprint density at radius 3 is 2.20 bits per heavy atom. The molecular formula is C20H17NO4. The van der Waals surface area contributed by atoms with Gasteiger partial charge >= 0.3 is 0 Å². The standard InChI is InChI=1S/C20H17NO4/c1-25-19-9-5-14(20(21)24)11-17(19)13-4-8-18(23)16(10-13)12-2-6-15(22)7-3-12/h2-11,22-23H,1H3,(H2,21,24). The van der Waals surface area contributed by atoms with Crippen LogP contribution in [0.15, 0.2) is 60.7 Å². The molecule has 0 unspecified atom stereocenters. The maximum absolute atomic E-state index is 11.5. The predicted octanol–water partition coefficient (Wildman–Crippen LogP) is 3.54. The van der Waals surface area contributed by atoms with Crippen molar-refractivity contribution in [3.8, 4) is 39.5 Å². The second-order valence-electron chi connectivity index (χ2n) is 5.56. The lowest BCUT2D eigenvalue weighted by molar-refractivity contribution is 0.100. The Hall–Kier alpha value is -3.47. The van der Waals surface area contributed by atoms with Crippen molar-refractivity contribution in [2.45, 2.75) is 0 Å². The summed E-state index contributed by atoms with van der Waals surface area (Å²) in [5, 5.41) is 19.6. The Kier molecular flexibility index (Phi) is 4.31. The van der Waals surface area contributed by atoms with E-state index in [4.69, 9.17) is 10.5 Å². The lowest BCUT2D eigenvalue weighted by Crippen LogP contribution is -2.10. The number of carbonyl (C=O) groups excluding carboxylic acids is 1. The van der Waals surface area contributed by atoms with Crippen molar-refractivity contribution in [1.82, 2.24) is 0 Å². The molecule has 1 amide bonds. The summed E-state index contributed by atoms with van der Waals surface area (Å²) in [6, 6.07) is 16.6. The van der Waals surface area contributed by atoms with Gasteiger partial charge in [0.05, 0.1) is 7.11 Å². The fourth-order valence-corrected chi connectivity index (χ4v) is 2.66.